The highest BCUT2D eigenvalue weighted by Gasteiger charge is 2.45. The summed E-state index contributed by atoms with van der Waals surface area (Å²) in [7, 11) is 2.21. The van der Waals surface area contributed by atoms with Gasteiger partial charge in [0.1, 0.15) is 0 Å². The second kappa shape index (κ2) is 5.83. The van der Waals surface area contributed by atoms with E-state index in [-0.39, 0.29) is 5.41 Å². The molecular formula is C22H24ClN3. The number of benzene rings is 1. The molecule has 5 rings (SSSR count). The van der Waals surface area contributed by atoms with Crippen molar-refractivity contribution in [2.24, 2.45) is 0 Å². The fourth-order valence-corrected chi connectivity index (χ4v) is 4.68. The molecule has 1 aliphatic carbocycles. The van der Waals surface area contributed by atoms with Crippen LogP contribution in [0.25, 0.3) is 10.9 Å². The van der Waals surface area contributed by atoms with Gasteiger partial charge in [-0.1, -0.05) is 17.7 Å². The van der Waals surface area contributed by atoms with E-state index in [2.05, 4.69) is 58.9 Å². The molecule has 3 heterocycles. The van der Waals surface area contributed by atoms with E-state index < -0.39 is 0 Å². The predicted molar refractivity (Wildman–Crippen MR) is 107 cm³/mol. The molecule has 0 amide bonds. The Hall–Kier alpha value is -1.84. The maximum absolute atomic E-state index is 6.33. The van der Waals surface area contributed by atoms with Crippen molar-refractivity contribution >= 4 is 22.5 Å². The average molecular weight is 366 g/mol. The molecule has 3 nitrogen and oxygen atoms in total. The van der Waals surface area contributed by atoms with Crippen LogP contribution in [-0.4, -0.2) is 28.0 Å². The molecule has 1 saturated carbocycles. The van der Waals surface area contributed by atoms with Gasteiger partial charge in [-0.25, -0.2) is 0 Å². The van der Waals surface area contributed by atoms with Crippen LogP contribution in [0.1, 0.15) is 35.4 Å². The van der Waals surface area contributed by atoms with Crippen molar-refractivity contribution in [3.63, 3.8) is 0 Å². The van der Waals surface area contributed by atoms with Crippen molar-refractivity contribution in [2.45, 2.75) is 44.7 Å². The second-order valence-electron chi connectivity index (χ2n) is 8.13. The molecular weight excluding hydrogens is 342 g/mol. The topological polar surface area (TPSA) is 21.1 Å². The first-order valence-electron chi connectivity index (χ1n) is 9.47. The molecule has 0 unspecified atom stereocenters. The minimum atomic E-state index is 0.253. The Morgan fingerprint density at radius 2 is 2.04 bits per heavy atom. The summed E-state index contributed by atoms with van der Waals surface area (Å²) in [6, 6.07) is 10.8. The van der Waals surface area contributed by atoms with Gasteiger partial charge in [0.15, 0.2) is 0 Å². The van der Waals surface area contributed by atoms with Gasteiger partial charge in [0.05, 0.1) is 0 Å². The third kappa shape index (κ3) is 2.57. The van der Waals surface area contributed by atoms with Crippen molar-refractivity contribution in [1.29, 1.82) is 0 Å². The summed E-state index contributed by atoms with van der Waals surface area (Å²) < 4.78 is 2.58. The monoisotopic (exact) mass is 365 g/mol. The molecule has 0 saturated heterocycles. The lowest BCUT2D eigenvalue weighted by atomic mass is 9.97. The molecule has 2 aliphatic rings. The quantitative estimate of drug-likeness (QED) is 0.669. The normalized spacial score (nSPS) is 18.9. The molecule has 1 fully saturated rings. The molecule has 1 aromatic carbocycles. The molecule has 134 valence electrons. The van der Waals surface area contributed by atoms with Crippen molar-refractivity contribution in [2.75, 3.05) is 13.6 Å². The number of fused-ring (bicyclic) bond motifs is 3. The number of rotatable bonds is 3. The van der Waals surface area contributed by atoms with Crippen molar-refractivity contribution in [1.82, 2.24) is 14.5 Å². The van der Waals surface area contributed by atoms with Gasteiger partial charge in [-0.3, -0.25) is 4.98 Å². The Balaban J connectivity index is 1.62. The van der Waals surface area contributed by atoms with Gasteiger partial charge in [0.25, 0.3) is 0 Å². The van der Waals surface area contributed by atoms with Gasteiger partial charge in [0, 0.05) is 65.0 Å². The van der Waals surface area contributed by atoms with Gasteiger partial charge in [-0.15, -0.1) is 0 Å². The number of hydrogen-bond acceptors (Lipinski definition) is 2. The third-order valence-electron chi connectivity index (χ3n) is 6.25. The molecule has 4 heteroatoms. The summed E-state index contributed by atoms with van der Waals surface area (Å²) in [5, 5.41) is 2.16. The van der Waals surface area contributed by atoms with Gasteiger partial charge in [-0.2, -0.15) is 0 Å². The van der Waals surface area contributed by atoms with Crippen LogP contribution < -0.4 is 0 Å². The Bertz CT molecular complexity index is 983. The summed E-state index contributed by atoms with van der Waals surface area (Å²) in [5.74, 6) is 0. The predicted octanol–water partition coefficient (Wildman–Crippen LogP) is 4.72. The Labute approximate surface area is 159 Å². The zero-order chi connectivity index (χ0) is 17.9. The maximum Gasteiger partial charge on any atom is 0.0487 e. The summed E-state index contributed by atoms with van der Waals surface area (Å²) in [6.45, 7) is 5.24. The molecule has 0 N–H and O–H groups in total. The lowest BCUT2D eigenvalue weighted by Crippen LogP contribution is -2.28. The van der Waals surface area contributed by atoms with Crippen LogP contribution in [0.2, 0.25) is 5.02 Å². The highest BCUT2D eigenvalue weighted by Crippen LogP contribution is 2.50. The number of aromatic nitrogens is 2. The Morgan fingerprint density at radius 1 is 1.19 bits per heavy atom. The second-order valence-corrected chi connectivity index (χ2v) is 8.57. The van der Waals surface area contributed by atoms with E-state index in [0.29, 0.717) is 0 Å². The number of nitrogens with zero attached hydrogens (tertiary/aromatic N) is 3. The number of aryl methyl sites for hydroxylation is 1. The highest BCUT2D eigenvalue weighted by atomic mass is 35.5. The average Bonchev–Trinajstić information content (AvgIpc) is 3.35. The van der Waals surface area contributed by atoms with Crippen molar-refractivity contribution in [3.05, 3.63) is 64.1 Å². The molecule has 0 radical (unpaired) electrons. The molecule has 1 aliphatic heterocycles. The third-order valence-corrected chi connectivity index (χ3v) is 6.48. The summed E-state index contributed by atoms with van der Waals surface area (Å²) in [6.07, 6.45) is 5.70. The zero-order valence-electron chi connectivity index (χ0n) is 15.4. The van der Waals surface area contributed by atoms with Crippen LogP contribution in [0.3, 0.4) is 0 Å². The number of likely N-dealkylation sites (N-methyl/N-ethyl adjacent to an activating group) is 1. The molecule has 0 atom stereocenters. The van der Waals surface area contributed by atoms with Crippen LogP contribution in [0.5, 0.6) is 0 Å². The van der Waals surface area contributed by atoms with E-state index >= 15 is 0 Å². The van der Waals surface area contributed by atoms with E-state index in [0.717, 1.165) is 36.8 Å². The number of hydrogen-bond donors (Lipinski definition) is 0. The van der Waals surface area contributed by atoms with E-state index in [1.54, 1.807) is 0 Å². The van der Waals surface area contributed by atoms with E-state index in [1.807, 2.05) is 6.07 Å². The molecule has 3 aromatic rings. The first-order valence-corrected chi connectivity index (χ1v) is 9.85. The van der Waals surface area contributed by atoms with Crippen LogP contribution in [-0.2, 0) is 24.9 Å². The molecule has 2 aromatic heterocycles. The Morgan fingerprint density at radius 3 is 2.77 bits per heavy atom. The first-order chi connectivity index (χ1) is 12.6. The van der Waals surface area contributed by atoms with Crippen LogP contribution >= 0.6 is 11.6 Å². The van der Waals surface area contributed by atoms with E-state index in [1.165, 1.54) is 40.6 Å². The minimum Gasteiger partial charge on any atom is -0.343 e. The summed E-state index contributed by atoms with van der Waals surface area (Å²) >= 11 is 6.33. The molecule has 0 spiro atoms. The highest BCUT2D eigenvalue weighted by molar-refractivity contribution is 6.31. The summed E-state index contributed by atoms with van der Waals surface area (Å²) in [4.78, 5) is 6.96. The van der Waals surface area contributed by atoms with Gasteiger partial charge in [0.2, 0.25) is 0 Å². The van der Waals surface area contributed by atoms with Crippen LogP contribution in [0.15, 0.2) is 36.5 Å². The fraction of sp³-hybridized carbons (Fsp3) is 0.409. The largest absolute Gasteiger partial charge is 0.343 e. The van der Waals surface area contributed by atoms with Gasteiger partial charge < -0.3 is 9.47 Å². The summed E-state index contributed by atoms with van der Waals surface area (Å²) in [5.41, 5.74) is 7.04. The SMILES string of the molecule is Cc1ccc(C2(Cn3c4c(c5cc(Cl)ccc53)CN(C)CC4)CC2)cn1. The number of pyridine rings is 1. The van der Waals surface area contributed by atoms with Gasteiger partial charge in [-0.05, 0) is 62.2 Å². The minimum absolute atomic E-state index is 0.253. The number of halogens is 1. The standard InChI is InChI=1S/C22H24ClN3/c1-15-3-4-16(12-24-15)22(8-9-22)14-26-20-6-5-17(23)11-18(20)19-13-25(2)10-7-21(19)26/h3-6,11-12H,7-10,13-14H2,1-2H3. The maximum atomic E-state index is 6.33. The van der Waals surface area contributed by atoms with Crippen molar-refractivity contribution in [3.8, 4) is 0 Å². The Kier molecular flexibility index (Phi) is 3.67. The fourth-order valence-electron chi connectivity index (χ4n) is 4.51. The van der Waals surface area contributed by atoms with E-state index in [9.17, 15) is 0 Å². The lowest BCUT2D eigenvalue weighted by molar-refractivity contribution is 0.308. The van der Waals surface area contributed by atoms with Crippen LogP contribution in [0, 0.1) is 6.92 Å². The first kappa shape index (κ1) is 16.3. The molecule has 0 bridgehead atoms. The van der Waals surface area contributed by atoms with E-state index in [4.69, 9.17) is 11.6 Å². The zero-order valence-corrected chi connectivity index (χ0v) is 16.2. The smallest absolute Gasteiger partial charge is 0.0487 e. The van der Waals surface area contributed by atoms with Crippen LogP contribution in [0.4, 0.5) is 0 Å². The van der Waals surface area contributed by atoms with Gasteiger partial charge >= 0.3 is 0 Å². The molecule has 26 heavy (non-hydrogen) atoms. The lowest BCUT2D eigenvalue weighted by Gasteiger charge is -2.26. The van der Waals surface area contributed by atoms with Crippen molar-refractivity contribution < 1.29 is 0 Å².